The van der Waals surface area contributed by atoms with Crippen LogP contribution in [0.15, 0.2) is 42.2 Å². The lowest BCUT2D eigenvalue weighted by Gasteiger charge is -2.34. The standard InChI is InChI=1S/C18H21N5S/c1-14-17(24-13-19-14)11-22-10-6-5-9-16(22)18-21-20-12-23(18)15-7-3-2-4-8-15/h2-4,7-8,12-13,16H,5-6,9-11H2,1H3/t16-/m1/s1. The molecule has 124 valence electrons. The summed E-state index contributed by atoms with van der Waals surface area (Å²) in [6.07, 6.45) is 5.44. The lowest BCUT2D eigenvalue weighted by Crippen LogP contribution is -2.34. The molecule has 0 radical (unpaired) electrons. The number of nitrogens with zero attached hydrogens (tertiary/aromatic N) is 5. The van der Waals surface area contributed by atoms with E-state index < -0.39 is 0 Å². The molecule has 0 aliphatic carbocycles. The number of likely N-dealkylation sites (tertiary alicyclic amines) is 1. The van der Waals surface area contributed by atoms with Gasteiger partial charge < -0.3 is 0 Å². The van der Waals surface area contributed by atoms with Crippen LogP contribution in [0.25, 0.3) is 5.69 Å². The predicted molar refractivity (Wildman–Crippen MR) is 95.2 cm³/mol. The van der Waals surface area contributed by atoms with Gasteiger partial charge in [0.25, 0.3) is 0 Å². The van der Waals surface area contributed by atoms with Crippen LogP contribution in [0.2, 0.25) is 0 Å². The lowest BCUT2D eigenvalue weighted by atomic mass is 10.0. The van der Waals surface area contributed by atoms with Crippen LogP contribution in [0.3, 0.4) is 0 Å². The first-order valence-corrected chi connectivity index (χ1v) is 9.29. The van der Waals surface area contributed by atoms with Gasteiger partial charge in [-0.1, -0.05) is 24.6 Å². The number of aryl methyl sites for hydroxylation is 1. The molecule has 0 bridgehead atoms. The van der Waals surface area contributed by atoms with Crippen molar-refractivity contribution in [3.05, 3.63) is 58.6 Å². The summed E-state index contributed by atoms with van der Waals surface area (Å²) in [5, 5.41) is 8.68. The van der Waals surface area contributed by atoms with Crippen molar-refractivity contribution < 1.29 is 0 Å². The fourth-order valence-electron chi connectivity index (χ4n) is 3.39. The molecule has 6 heteroatoms. The zero-order valence-electron chi connectivity index (χ0n) is 13.8. The highest BCUT2D eigenvalue weighted by Crippen LogP contribution is 2.33. The molecule has 3 aromatic rings. The van der Waals surface area contributed by atoms with Crippen molar-refractivity contribution in [2.45, 2.75) is 38.8 Å². The van der Waals surface area contributed by atoms with E-state index in [0.717, 1.165) is 36.7 Å². The summed E-state index contributed by atoms with van der Waals surface area (Å²) in [4.78, 5) is 8.28. The van der Waals surface area contributed by atoms with Gasteiger partial charge >= 0.3 is 0 Å². The summed E-state index contributed by atoms with van der Waals surface area (Å²) >= 11 is 1.75. The normalized spacial score (nSPS) is 18.8. The van der Waals surface area contributed by atoms with Crippen LogP contribution in [0, 0.1) is 6.92 Å². The van der Waals surface area contributed by atoms with E-state index in [2.05, 4.69) is 55.8 Å². The lowest BCUT2D eigenvalue weighted by molar-refractivity contribution is 0.133. The first-order valence-electron chi connectivity index (χ1n) is 8.41. The van der Waals surface area contributed by atoms with Crippen molar-refractivity contribution in [1.29, 1.82) is 0 Å². The molecular weight excluding hydrogens is 318 g/mol. The van der Waals surface area contributed by atoms with Crippen LogP contribution in [0.5, 0.6) is 0 Å². The number of thiazole rings is 1. The third-order valence-corrected chi connectivity index (χ3v) is 5.63. The summed E-state index contributed by atoms with van der Waals surface area (Å²) in [6, 6.07) is 10.7. The first kappa shape index (κ1) is 15.5. The third kappa shape index (κ3) is 2.99. The number of aromatic nitrogens is 4. The molecule has 0 unspecified atom stereocenters. The number of hydrogen-bond donors (Lipinski definition) is 0. The minimum Gasteiger partial charge on any atom is -0.288 e. The highest BCUT2D eigenvalue weighted by atomic mass is 32.1. The zero-order chi connectivity index (χ0) is 16.4. The summed E-state index contributed by atoms with van der Waals surface area (Å²) in [5.41, 5.74) is 4.21. The Hall–Kier alpha value is -2.05. The van der Waals surface area contributed by atoms with Crippen LogP contribution < -0.4 is 0 Å². The molecule has 0 N–H and O–H groups in total. The van der Waals surface area contributed by atoms with Gasteiger partial charge in [0.1, 0.15) is 6.33 Å². The van der Waals surface area contributed by atoms with Crippen molar-refractivity contribution in [3.63, 3.8) is 0 Å². The maximum absolute atomic E-state index is 4.48. The van der Waals surface area contributed by atoms with Crippen LogP contribution in [0.1, 0.15) is 41.7 Å². The first-order chi connectivity index (χ1) is 11.8. The van der Waals surface area contributed by atoms with Crippen molar-refractivity contribution >= 4 is 11.3 Å². The van der Waals surface area contributed by atoms with Crippen LogP contribution in [0.4, 0.5) is 0 Å². The Morgan fingerprint density at radius 2 is 2.08 bits per heavy atom. The monoisotopic (exact) mass is 339 g/mol. The number of rotatable bonds is 4. The molecule has 2 aromatic heterocycles. The number of para-hydroxylation sites is 1. The van der Waals surface area contributed by atoms with Gasteiger partial charge in [0.2, 0.25) is 0 Å². The smallest absolute Gasteiger partial charge is 0.154 e. The van der Waals surface area contributed by atoms with Crippen molar-refractivity contribution in [1.82, 2.24) is 24.6 Å². The molecule has 1 atom stereocenters. The van der Waals surface area contributed by atoms with Crippen LogP contribution in [-0.2, 0) is 6.54 Å². The minimum atomic E-state index is 0.308. The Morgan fingerprint density at radius 3 is 2.88 bits per heavy atom. The summed E-state index contributed by atoms with van der Waals surface area (Å²) in [6.45, 7) is 4.14. The summed E-state index contributed by atoms with van der Waals surface area (Å²) in [7, 11) is 0. The number of piperidine rings is 1. The molecule has 1 aliphatic heterocycles. The van der Waals surface area contributed by atoms with Crippen LogP contribution in [-0.4, -0.2) is 31.2 Å². The second-order valence-electron chi connectivity index (χ2n) is 6.24. The predicted octanol–water partition coefficient (Wildman–Crippen LogP) is 3.76. The zero-order valence-corrected chi connectivity index (χ0v) is 14.6. The molecule has 0 spiro atoms. The van der Waals surface area contributed by atoms with Gasteiger partial charge in [0.15, 0.2) is 5.82 Å². The van der Waals surface area contributed by atoms with Crippen molar-refractivity contribution in [2.75, 3.05) is 6.54 Å². The van der Waals surface area contributed by atoms with E-state index in [0.29, 0.717) is 6.04 Å². The van der Waals surface area contributed by atoms with E-state index in [1.54, 1.807) is 11.3 Å². The Kier molecular flexibility index (Phi) is 4.40. The van der Waals surface area contributed by atoms with Gasteiger partial charge in [-0.15, -0.1) is 21.5 Å². The SMILES string of the molecule is Cc1ncsc1CN1CCCC[C@@H]1c1nncn1-c1ccccc1. The van der Waals surface area contributed by atoms with Gasteiger partial charge in [-0.25, -0.2) is 4.98 Å². The van der Waals surface area contributed by atoms with E-state index in [-0.39, 0.29) is 0 Å². The molecule has 4 rings (SSSR count). The van der Waals surface area contributed by atoms with E-state index >= 15 is 0 Å². The van der Waals surface area contributed by atoms with Crippen molar-refractivity contribution in [2.24, 2.45) is 0 Å². The minimum absolute atomic E-state index is 0.308. The Bertz CT molecular complexity index is 795. The summed E-state index contributed by atoms with van der Waals surface area (Å²) < 4.78 is 2.13. The maximum atomic E-state index is 4.48. The fourth-order valence-corrected chi connectivity index (χ4v) is 4.20. The topological polar surface area (TPSA) is 46.8 Å². The van der Waals surface area contributed by atoms with Gasteiger partial charge in [0, 0.05) is 17.1 Å². The molecule has 24 heavy (non-hydrogen) atoms. The third-order valence-electron chi connectivity index (χ3n) is 4.71. The average molecular weight is 339 g/mol. The largest absolute Gasteiger partial charge is 0.288 e. The highest BCUT2D eigenvalue weighted by Gasteiger charge is 2.29. The van der Waals surface area contributed by atoms with Gasteiger partial charge in [-0.2, -0.15) is 0 Å². The van der Waals surface area contributed by atoms with Gasteiger partial charge in [0.05, 0.1) is 17.2 Å². The maximum Gasteiger partial charge on any atom is 0.154 e. The highest BCUT2D eigenvalue weighted by molar-refractivity contribution is 7.09. The van der Waals surface area contributed by atoms with Crippen LogP contribution >= 0.6 is 11.3 Å². The quantitative estimate of drug-likeness (QED) is 0.726. The molecular formula is C18H21N5S. The molecule has 1 aliphatic rings. The number of hydrogen-bond acceptors (Lipinski definition) is 5. The van der Waals surface area contributed by atoms with Gasteiger partial charge in [-0.05, 0) is 38.4 Å². The van der Waals surface area contributed by atoms with Gasteiger partial charge in [-0.3, -0.25) is 9.47 Å². The Labute approximate surface area is 146 Å². The molecule has 1 aromatic carbocycles. The average Bonchev–Trinajstić information content (AvgIpc) is 3.26. The van der Waals surface area contributed by atoms with E-state index in [1.807, 2.05) is 17.9 Å². The fraction of sp³-hybridized carbons (Fsp3) is 0.389. The second kappa shape index (κ2) is 6.83. The van der Waals surface area contributed by atoms with E-state index in [1.165, 1.54) is 17.7 Å². The molecule has 5 nitrogen and oxygen atoms in total. The number of benzene rings is 1. The molecule has 0 saturated carbocycles. The Morgan fingerprint density at radius 1 is 1.21 bits per heavy atom. The molecule has 3 heterocycles. The Balaban J connectivity index is 1.64. The molecule has 0 amide bonds. The van der Waals surface area contributed by atoms with E-state index in [9.17, 15) is 0 Å². The van der Waals surface area contributed by atoms with E-state index in [4.69, 9.17) is 0 Å². The van der Waals surface area contributed by atoms with Crippen molar-refractivity contribution in [3.8, 4) is 5.69 Å². The molecule has 1 fully saturated rings. The summed E-state index contributed by atoms with van der Waals surface area (Å²) in [5.74, 6) is 1.04. The second-order valence-corrected chi connectivity index (χ2v) is 7.18. The molecule has 1 saturated heterocycles.